The number of benzene rings is 2. The molecule has 0 unspecified atom stereocenters. The lowest BCUT2D eigenvalue weighted by molar-refractivity contribution is 0.0987. The first-order chi connectivity index (χ1) is 9.54. The highest BCUT2D eigenvalue weighted by Crippen LogP contribution is 2.24. The van der Waals surface area contributed by atoms with E-state index in [1.54, 1.807) is 13.0 Å². The Morgan fingerprint density at radius 3 is 2.40 bits per heavy atom. The summed E-state index contributed by atoms with van der Waals surface area (Å²) in [5.41, 5.74) is 0.797. The van der Waals surface area contributed by atoms with Crippen molar-refractivity contribution in [2.24, 2.45) is 0 Å². The quantitative estimate of drug-likeness (QED) is 0.811. The number of carbonyl (C=O) groups is 1. The van der Waals surface area contributed by atoms with E-state index >= 15 is 0 Å². The maximum atomic E-state index is 13.5. The lowest BCUT2D eigenvalue weighted by Crippen LogP contribution is -2.31. The summed E-state index contributed by atoms with van der Waals surface area (Å²) in [5, 5.41) is 0. The largest absolute Gasteiger partial charge is 0.309 e. The van der Waals surface area contributed by atoms with Crippen LogP contribution >= 0.6 is 15.9 Å². The van der Waals surface area contributed by atoms with Gasteiger partial charge in [-0.3, -0.25) is 4.79 Å². The van der Waals surface area contributed by atoms with Crippen LogP contribution in [0.3, 0.4) is 0 Å². The van der Waals surface area contributed by atoms with Gasteiger partial charge in [0.2, 0.25) is 0 Å². The standard InChI is InChI=1S/C15H12BrF2NO/c1-2-19(11-8-6-10(17)7-9-11)15(20)12-4-3-5-13(18)14(12)16/h3-9H,2H2,1H3. The Morgan fingerprint density at radius 2 is 1.80 bits per heavy atom. The van der Waals surface area contributed by atoms with Crippen molar-refractivity contribution in [1.82, 2.24) is 0 Å². The fourth-order valence-electron chi connectivity index (χ4n) is 1.88. The average molecular weight is 340 g/mol. The number of rotatable bonds is 3. The second-order valence-corrected chi connectivity index (χ2v) is 4.92. The van der Waals surface area contributed by atoms with Crippen molar-refractivity contribution in [2.75, 3.05) is 11.4 Å². The third-order valence-corrected chi connectivity index (χ3v) is 3.69. The minimum absolute atomic E-state index is 0.130. The van der Waals surface area contributed by atoms with Gasteiger partial charge in [0.1, 0.15) is 11.6 Å². The van der Waals surface area contributed by atoms with Gasteiger partial charge in [0.15, 0.2) is 0 Å². The van der Waals surface area contributed by atoms with E-state index in [0.717, 1.165) is 0 Å². The summed E-state index contributed by atoms with van der Waals surface area (Å²) in [6, 6.07) is 9.90. The summed E-state index contributed by atoms with van der Waals surface area (Å²) in [6.07, 6.45) is 0. The molecule has 0 fully saturated rings. The van der Waals surface area contributed by atoms with Crippen LogP contribution in [0.2, 0.25) is 0 Å². The van der Waals surface area contributed by atoms with Crippen molar-refractivity contribution in [2.45, 2.75) is 6.92 Å². The van der Waals surface area contributed by atoms with Crippen molar-refractivity contribution in [3.8, 4) is 0 Å². The molecule has 2 aromatic rings. The third-order valence-electron chi connectivity index (χ3n) is 2.88. The Hall–Kier alpha value is -1.75. The van der Waals surface area contributed by atoms with Crippen LogP contribution in [0, 0.1) is 11.6 Å². The molecule has 2 aromatic carbocycles. The van der Waals surface area contributed by atoms with Crippen molar-refractivity contribution in [3.05, 3.63) is 64.1 Å². The molecule has 104 valence electrons. The highest BCUT2D eigenvalue weighted by molar-refractivity contribution is 9.10. The van der Waals surface area contributed by atoms with Gasteiger partial charge in [-0.1, -0.05) is 6.07 Å². The molecule has 0 aliphatic rings. The minimum Gasteiger partial charge on any atom is -0.309 e. The molecule has 0 aliphatic carbocycles. The van der Waals surface area contributed by atoms with Gasteiger partial charge in [0, 0.05) is 12.2 Å². The molecular weight excluding hydrogens is 328 g/mol. The van der Waals surface area contributed by atoms with Gasteiger partial charge in [-0.25, -0.2) is 8.78 Å². The number of hydrogen-bond acceptors (Lipinski definition) is 1. The van der Waals surface area contributed by atoms with E-state index in [0.29, 0.717) is 12.2 Å². The van der Waals surface area contributed by atoms with E-state index in [2.05, 4.69) is 15.9 Å². The normalized spacial score (nSPS) is 10.4. The molecule has 0 bridgehead atoms. The maximum absolute atomic E-state index is 13.5. The molecule has 2 nitrogen and oxygen atoms in total. The zero-order valence-corrected chi connectivity index (χ0v) is 12.3. The fraction of sp³-hybridized carbons (Fsp3) is 0.133. The summed E-state index contributed by atoms with van der Waals surface area (Å²) in [6.45, 7) is 2.20. The molecule has 20 heavy (non-hydrogen) atoms. The van der Waals surface area contributed by atoms with Crippen LogP contribution in [0.4, 0.5) is 14.5 Å². The van der Waals surface area contributed by atoms with Crippen LogP contribution in [0.15, 0.2) is 46.9 Å². The lowest BCUT2D eigenvalue weighted by Gasteiger charge is -2.21. The minimum atomic E-state index is -0.494. The van der Waals surface area contributed by atoms with Gasteiger partial charge in [-0.05, 0) is 59.3 Å². The van der Waals surface area contributed by atoms with E-state index in [1.807, 2.05) is 0 Å². The molecule has 0 aliphatic heterocycles. The maximum Gasteiger partial charge on any atom is 0.259 e. The second-order valence-electron chi connectivity index (χ2n) is 4.13. The van der Waals surface area contributed by atoms with Crippen molar-refractivity contribution in [3.63, 3.8) is 0 Å². The molecule has 0 saturated carbocycles. The molecule has 2 rings (SSSR count). The number of carbonyl (C=O) groups excluding carboxylic acids is 1. The van der Waals surface area contributed by atoms with Gasteiger partial charge in [0.25, 0.3) is 5.91 Å². The number of anilines is 1. The molecule has 0 N–H and O–H groups in total. The average Bonchev–Trinajstić information content (AvgIpc) is 2.44. The zero-order valence-electron chi connectivity index (χ0n) is 10.7. The first kappa shape index (κ1) is 14.7. The molecule has 0 aromatic heterocycles. The highest BCUT2D eigenvalue weighted by atomic mass is 79.9. The number of amides is 1. The Bertz CT molecular complexity index is 628. The summed E-state index contributed by atoms with van der Waals surface area (Å²) >= 11 is 3.08. The molecule has 0 heterocycles. The van der Waals surface area contributed by atoms with E-state index in [9.17, 15) is 13.6 Å². The Kier molecular flexibility index (Phi) is 4.49. The molecule has 1 amide bonds. The van der Waals surface area contributed by atoms with E-state index in [1.165, 1.54) is 41.3 Å². The number of halogens is 3. The topological polar surface area (TPSA) is 20.3 Å². The third kappa shape index (κ3) is 2.88. The predicted molar refractivity (Wildman–Crippen MR) is 77.9 cm³/mol. The van der Waals surface area contributed by atoms with Crippen molar-refractivity contribution < 1.29 is 13.6 Å². The van der Waals surface area contributed by atoms with E-state index in [4.69, 9.17) is 0 Å². The van der Waals surface area contributed by atoms with E-state index in [-0.39, 0.29) is 21.8 Å². The fourth-order valence-corrected chi connectivity index (χ4v) is 2.31. The van der Waals surface area contributed by atoms with Crippen LogP contribution in [0.25, 0.3) is 0 Å². The summed E-state index contributed by atoms with van der Waals surface area (Å²) < 4.78 is 26.6. The SMILES string of the molecule is CCN(C(=O)c1cccc(F)c1Br)c1ccc(F)cc1. The predicted octanol–water partition coefficient (Wildman–Crippen LogP) is 4.39. The van der Waals surface area contributed by atoms with Crippen LogP contribution in [-0.4, -0.2) is 12.5 Å². The Morgan fingerprint density at radius 1 is 1.15 bits per heavy atom. The first-order valence-electron chi connectivity index (χ1n) is 6.06. The van der Waals surface area contributed by atoms with Crippen LogP contribution in [-0.2, 0) is 0 Å². The molecule has 0 saturated heterocycles. The molecule has 0 radical (unpaired) electrons. The van der Waals surface area contributed by atoms with Crippen molar-refractivity contribution in [1.29, 1.82) is 0 Å². The zero-order chi connectivity index (χ0) is 14.7. The molecule has 5 heteroatoms. The molecule has 0 spiro atoms. The Labute approximate surface area is 124 Å². The summed E-state index contributed by atoms with van der Waals surface area (Å²) in [4.78, 5) is 13.9. The van der Waals surface area contributed by atoms with Crippen molar-refractivity contribution >= 4 is 27.5 Å². The van der Waals surface area contributed by atoms with Crippen LogP contribution in [0.5, 0.6) is 0 Å². The van der Waals surface area contributed by atoms with Gasteiger partial charge >= 0.3 is 0 Å². The lowest BCUT2D eigenvalue weighted by atomic mass is 10.1. The van der Waals surface area contributed by atoms with Gasteiger partial charge < -0.3 is 4.90 Å². The highest BCUT2D eigenvalue weighted by Gasteiger charge is 2.20. The van der Waals surface area contributed by atoms with Crippen LogP contribution in [0.1, 0.15) is 17.3 Å². The summed E-state index contributed by atoms with van der Waals surface area (Å²) in [7, 11) is 0. The van der Waals surface area contributed by atoms with Gasteiger partial charge in [-0.2, -0.15) is 0 Å². The smallest absolute Gasteiger partial charge is 0.259 e. The van der Waals surface area contributed by atoms with Gasteiger partial charge in [0.05, 0.1) is 10.0 Å². The summed E-state index contributed by atoms with van der Waals surface area (Å²) in [5.74, 6) is -1.21. The first-order valence-corrected chi connectivity index (χ1v) is 6.85. The monoisotopic (exact) mass is 339 g/mol. The molecule has 0 atom stereocenters. The second kappa shape index (κ2) is 6.13. The van der Waals surface area contributed by atoms with Gasteiger partial charge in [-0.15, -0.1) is 0 Å². The Balaban J connectivity index is 2.39. The van der Waals surface area contributed by atoms with E-state index < -0.39 is 5.82 Å². The number of hydrogen-bond donors (Lipinski definition) is 0. The molecular formula is C15H12BrF2NO. The number of nitrogens with zero attached hydrogens (tertiary/aromatic N) is 1. The van der Waals surface area contributed by atoms with Crippen LogP contribution < -0.4 is 4.90 Å².